The molecule has 2 aliphatic heterocycles. The molecule has 0 unspecified atom stereocenters. The van der Waals surface area contributed by atoms with Gasteiger partial charge in [-0.3, -0.25) is 4.57 Å². The van der Waals surface area contributed by atoms with Crippen molar-refractivity contribution in [2.24, 2.45) is 0 Å². The molecule has 23 heavy (non-hydrogen) atoms. The van der Waals surface area contributed by atoms with E-state index >= 15 is 0 Å². The lowest BCUT2D eigenvalue weighted by Gasteiger charge is -2.24. The molecule has 0 saturated carbocycles. The van der Waals surface area contributed by atoms with Gasteiger partial charge in [-0.15, -0.1) is 0 Å². The van der Waals surface area contributed by atoms with E-state index in [1.165, 1.54) is 6.33 Å². The van der Waals surface area contributed by atoms with Crippen LogP contribution < -0.4 is 5.73 Å². The molecular formula is C14H19N5O3S. The van der Waals surface area contributed by atoms with Crippen molar-refractivity contribution in [1.29, 1.82) is 0 Å². The van der Waals surface area contributed by atoms with E-state index in [4.69, 9.17) is 19.9 Å². The zero-order valence-corrected chi connectivity index (χ0v) is 14.0. The Morgan fingerprint density at radius 2 is 2.04 bits per heavy atom. The molecule has 2 aromatic heterocycles. The van der Waals surface area contributed by atoms with E-state index < -0.39 is 5.79 Å². The van der Waals surface area contributed by atoms with Gasteiger partial charge in [0.1, 0.15) is 24.1 Å². The van der Waals surface area contributed by atoms with Crippen molar-refractivity contribution in [1.82, 2.24) is 19.5 Å². The number of hydrogen-bond donors (Lipinski definition) is 1. The van der Waals surface area contributed by atoms with Gasteiger partial charge in [-0.1, -0.05) is 0 Å². The first kappa shape index (κ1) is 15.1. The Morgan fingerprint density at radius 3 is 2.83 bits per heavy atom. The first-order valence-corrected chi connectivity index (χ1v) is 8.82. The van der Waals surface area contributed by atoms with Gasteiger partial charge in [-0.25, -0.2) is 15.0 Å². The second-order valence-electron chi connectivity index (χ2n) is 6.17. The second kappa shape index (κ2) is 5.30. The third-order valence-corrected chi connectivity index (χ3v) is 4.78. The highest BCUT2D eigenvalue weighted by Crippen LogP contribution is 2.44. The number of aromatic nitrogens is 4. The summed E-state index contributed by atoms with van der Waals surface area (Å²) >= 11 is 1.72. The number of anilines is 1. The van der Waals surface area contributed by atoms with E-state index in [9.17, 15) is 0 Å². The van der Waals surface area contributed by atoms with Crippen LogP contribution in [0.3, 0.4) is 0 Å². The molecule has 4 heterocycles. The lowest BCUT2D eigenvalue weighted by molar-refractivity contribution is -0.193. The number of nitrogen functional groups attached to an aromatic ring is 1. The Kier molecular flexibility index (Phi) is 3.49. The summed E-state index contributed by atoms with van der Waals surface area (Å²) in [4.78, 5) is 12.6. The molecule has 0 aliphatic carbocycles. The van der Waals surface area contributed by atoms with Crippen molar-refractivity contribution in [3.05, 3.63) is 12.7 Å². The Labute approximate surface area is 137 Å². The van der Waals surface area contributed by atoms with Crippen LogP contribution in [-0.4, -0.2) is 55.6 Å². The van der Waals surface area contributed by atoms with Gasteiger partial charge in [0.15, 0.2) is 23.5 Å². The molecule has 0 amide bonds. The Morgan fingerprint density at radius 1 is 1.26 bits per heavy atom. The van der Waals surface area contributed by atoms with Crippen molar-refractivity contribution < 1.29 is 14.2 Å². The first-order chi connectivity index (χ1) is 11.0. The van der Waals surface area contributed by atoms with Crippen LogP contribution in [0.15, 0.2) is 12.7 Å². The molecule has 2 fully saturated rings. The zero-order valence-electron chi connectivity index (χ0n) is 13.2. The molecule has 2 N–H and O–H groups in total. The highest BCUT2D eigenvalue weighted by Gasteiger charge is 2.55. The summed E-state index contributed by atoms with van der Waals surface area (Å²) in [5, 5.41) is 0. The number of nitrogens with two attached hydrogens (primary N) is 1. The highest BCUT2D eigenvalue weighted by atomic mass is 32.2. The molecule has 4 rings (SSSR count). The largest absolute Gasteiger partial charge is 0.382 e. The van der Waals surface area contributed by atoms with E-state index in [-0.39, 0.29) is 24.5 Å². The number of ether oxygens (including phenoxy) is 3. The highest BCUT2D eigenvalue weighted by molar-refractivity contribution is 7.98. The topological polar surface area (TPSA) is 97.3 Å². The maximum atomic E-state index is 6.21. The second-order valence-corrected chi connectivity index (χ2v) is 7.08. The van der Waals surface area contributed by atoms with Gasteiger partial charge in [0.25, 0.3) is 0 Å². The lowest BCUT2D eigenvalue weighted by atomic mass is 10.1. The summed E-state index contributed by atoms with van der Waals surface area (Å²) in [6.07, 6.45) is 4.43. The van der Waals surface area contributed by atoms with Crippen molar-refractivity contribution in [3.63, 3.8) is 0 Å². The molecule has 0 bridgehead atoms. The molecule has 0 radical (unpaired) electrons. The minimum Gasteiger partial charge on any atom is -0.382 e. The number of rotatable bonds is 3. The van der Waals surface area contributed by atoms with E-state index in [2.05, 4.69) is 15.0 Å². The predicted molar refractivity (Wildman–Crippen MR) is 85.9 cm³/mol. The van der Waals surface area contributed by atoms with Gasteiger partial charge in [0.2, 0.25) is 0 Å². The minimum atomic E-state index is -0.627. The van der Waals surface area contributed by atoms with Crippen LogP contribution in [0.5, 0.6) is 0 Å². The number of fused-ring (bicyclic) bond motifs is 2. The summed E-state index contributed by atoms with van der Waals surface area (Å²) in [7, 11) is 0. The van der Waals surface area contributed by atoms with Gasteiger partial charge in [0, 0.05) is 5.75 Å². The zero-order chi connectivity index (χ0) is 16.2. The van der Waals surface area contributed by atoms with Gasteiger partial charge in [0.05, 0.1) is 12.4 Å². The minimum absolute atomic E-state index is 0.0431. The molecule has 124 valence electrons. The summed E-state index contributed by atoms with van der Waals surface area (Å²) in [5.74, 6) is 0.562. The maximum Gasteiger partial charge on any atom is 0.167 e. The fourth-order valence-corrected chi connectivity index (χ4v) is 3.83. The fraction of sp³-hybridized carbons (Fsp3) is 0.643. The molecule has 8 nitrogen and oxygen atoms in total. The van der Waals surface area contributed by atoms with Crippen LogP contribution in [0.25, 0.3) is 11.2 Å². The van der Waals surface area contributed by atoms with Crippen LogP contribution in [0, 0.1) is 0 Å². The standard InChI is InChI=1S/C14H19N5O3S/c1-14(2)21-9-7(4-23-3)20-13(10(9)22-14)19-6-18-8-11(15)16-5-17-12(8)19/h5-7,9-10,13H,4H2,1-3H3,(H2,15,16,17)/t7-,9-,10+,13+/m1/s1. The maximum absolute atomic E-state index is 6.21. The summed E-state index contributed by atoms with van der Waals surface area (Å²) < 4.78 is 20.2. The Hall–Kier alpha value is -1.42. The molecule has 2 aromatic rings. The average Bonchev–Trinajstić information content (AvgIpc) is 3.13. The van der Waals surface area contributed by atoms with E-state index in [1.807, 2.05) is 24.7 Å². The molecule has 0 spiro atoms. The van der Waals surface area contributed by atoms with Gasteiger partial charge in [-0.05, 0) is 20.1 Å². The summed E-state index contributed by atoms with van der Waals surface area (Å²) in [5.41, 5.74) is 7.07. The smallest absolute Gasteiger partial charge is 0.167 e. The SMILES string of the molecule is CSC[C@H]1O[C@H](n2cnc3c(N)ncnc32)[C@H]2OC(C)(C)O[C@@H]21. The molecule has 0 aromatic carbocycles. The number of thioether (sulfide) groups is 1. The normalized spacial score (nSPS) is 32.5. The first-order valence-electron chi connectivity index (χ1n) is 7.43. The quantitative estimate of drug-likeness (QED) is 0.892. The fourth-order valence-electron chi connectivity index (χ4n) is 3.24. The molecule has 4 atom stereocenters. The Balaban J connectivity index is 1.74. The number of imidazole rings is 1. The van der Waals surface area contributed by atoms with Gasteiger partial charge >= 0.3 is 0 Å². The molecule has 2 saturated heterocycles. The van der Waals surface area contributed by atoms with Crippen LogP contribution in [0.4, 0.5) is 5.82 Å². The lowest BCUT2D eigenvalue weighted by Crippen LogP contribution is -2.31. The third kappa shape index (κ3) is 2.38. The monoisotopic (exact) mass is 337 g/mol. The van der Waals surface area contributed by atoms with E-state index in [1.54, 1.807) is 18.1 Å². The van der Waals surface area contributed by atoms with Crippen LogP contribution in [0.2, 0.25) is 0 Å². The summed E-state index contributed by atoms with van der Waals surface area (Å²) in [6.45, 7) is 3.84. The predicted octanol–water partition coefficient (Wildman–Crippen LogP) is 1.19. The van der Waals surface area contributed by atoms with Crippen molar-refractivity contribution in [2.75, 3.05) is 17.7 Å². The van der Waals surface area contributed by atoms with E-state index in [0.29, 0.717) is 17.0 Å². The Bertz CT molecular complexity index is 736. The van der Waals surface area contributed by atoms with Crippen LogP contribution in [-0.2, 0) is 14.2 Å². The average molecular weight is 337 g/mol. The third-order valence-electron chi connectivity index (χ3n) is 4.12. The number of hydrogen-bond acceptors (Lipinski definition) is 8. The van der Waals surface area contributed by atoms with Crippen molar-refractivity contribution in [2.45, 2.75) is 44.2 Å². The van der Waals surface area contributed by atoms with Gasteiger partial charge < -0.3 is 19.9 Å². The van der Waals surface area contributed by atoms with Crippen LogP contribution in [0.1, 0.15) is 20.1 Å². The van der Waals surface area contributed by atoms with Crippen molar-refractivity contribution in [3.8, 4) is 0 Å². The van der Waals surface area contributed by atoms with Crippen molar-refractivity contribution >= 4 is 28.7 Å². The summed E-state index contributed by atoms with van der Waals surface area (Å²) in [6, 6.07) is 0. The van der Waals surface area contributed by atoms with Gasteiger partial charge in [-0.2, -0.15) is 11.8 Å². The number of nitrogens with zero attached hydrogens (tertiary/aromatic N) is 4. The molecule has 2 aliphatic rings. The molecular weight excluding hydrogens is 318 g/mol. The molecule has 9 heteroatoms. The van der Waals surface area contributed by atoms with Crippen LogP contribution >= 0.6 is 11.8 Å². The van der Waals surface area contributed by atoms with E-state index in [0.717, 1.165) is 5.75 Å².